The van der Waals surface area contributed by atoms with E-state index in [2.05, 4.69) is 43.0 Å². The molecule has 1 aliphatic rings. The third-order valence-electron chi connectivity index (χ3n) is 10.1. The van der Waals surface area contributed by atoms with Crippen LogP contribution < -0.4 is 0 Å². The lowest BCUT2D eigenvalue weighted by Crippen LogP contribution is -2.39. The summed E-state index contributed by atoms with van der Waals surface area (Å²) >= 11 is 0. The molecule has 0 fully saturated rings. The van der Waals surface area contributed by atoms with Crippen LogP contribution in [0, 0.1) is 0 Å². The quantitative estimate of drug-likeness (QED) is 0.0666. The van der Waals surface area contributed by atoms with Gasteiger partial charge in [-0.2, -0.15) is 0 Å². The maximum atomic E-state index is 2.72. The van der Waals surface area contributed by atoms with Gasteiger partial charge in [-0.15, -0.1) is 0 Å². The Morgan fingerprint density at radius 3 is 0.814 bits per heavy atom. The number of nitrogens with zero attached hydrogens (tertiary/aromatic N) is 2. The smallest absolute Gasteiger partial charge is 0.101 e. The molecule has 0 radical (unpaired) electrons. The number of rotatable bonds is 35. The molecule has 0 spiro atoms. The van der Waals surface area contributed by atoms with Crippen molar-refractivity contribution in [1.29, 1.82) is 0 Å². The molecule has 43 heavy (non-hydrogen) atoms. The first-order valence-corrected chi connectivity index (χ1v) is 20.5. The first-order chi connectivity index (χ1) is 21.3. The predicted octanol–water partition coefficient (Wildman–Crippen LogP) is 14.3. The maximum absolute atomic E-state index is 2.72. The molecule has 0 bridgehead atoms. The van der Waals surface area contributed by atoms with Gasteiger partial charge in [0, 0.05) is 25.5 Å². The molecule has 0 aliphatic carbocycles. The van der Waals surface area contributed by atoms with Crippen LogP contribution in [0.4, 0.5) is 0 Å². The van der Waals surface area contributed by atoms with E-state index >= 15 is 0 Å². The van der Waals surface area contributed by atoms with Crippen LogP contribution in [-0.2, 0) is 0 Å². The highest BCUT2D eigenvalue weighted by Crippen LogP contribution is 2.24. The van der Waals surface area contributed by atoms with Gasteiger partial charge in [-0.05, 0) is 25.7 Å². The normalized spacial score (nSPS) is 13.7. The number of hydrogen-bond donors (Lipinski definition) is 0. The average Bonchev–Trinajstić information content (AvgIpc) is 3.40. The Balaban J connectivity index is 2.23. The van der Waals surface area contributed by atoms with Gasteiger partial charge >= 0.3 is 0 Å². The Bertz CT molecular complexity index is 522. The van der Waals surface area contributed by atoms with E-state index in [4.69, 9.17) is 0 Å². The van der Waals surface area contributed by atoms with Crippen molar-refractivity contribution >= 4 is 0 Å². The molecule has 0 aromatic rings. The minimum Gasteiger partial charge on any atom is -0.356 e. The molecule has 1 rings (SSSR count). The van der Waals surface area contributed by atoms with Gasteiger partial charge in [-0.25, -0.2) is 0 Å². The second kappa shape index (κ2) is 32.7. The third-order valence-corrected chi connectivity index (χ3v) is 10.1. The second-order valence-electron chi connectivity index (χ2n) is 14.3. The molecule has 0 saturated heterocycles. The van der Waals surface area contributed by atoms with Gasteiger partial charge < -0.3 is 9.80 Å². The lowest BCUT2D eigenvalue weighted by Gasteiger charge is -2.33. The van der Waals surface area contributed by atoms with Crippen LogP contribution in [-0.4, -0.2) is 29.1 Å². The summed E-state index contributed by atoms with van der Waals surface area (Å²) in [6.07, 6.45) is 52.9. The first kappa shape index (κ1) is 40.4. The lowest BCUT2D eigenvalue weighted by molar-refractivity contribution is 0.135. The zero-order valence-corrected chi connectivity index (χ0v) is 30.4. The van der Waals surface area contributed by atoms with Crippen molar-refractivity contribution in [3.8, 4) is 0 Å². The van der Waals surface area contributed by atoms with E-state index in [9.17, 15) is 0 Å². The van der Waals surface area contributed by atoms with Gasteiger partial charge in [0.1, 0.15) is 6.17 Å². The van der Waals surface area contributed by atoms with E-state index in [1.54, 1.807) is 0 Å². The highest BCUT2D eigenvalue weighted by atomic mass is 15.4. The summed E-state index contributed by atoms with van der Waals surface area (Å²) in [6, 6.07) is 0. The zero-order chi connectivity index (χ0) is 30.9. The van der Waals surface area contributed by atoms with Crippen LogP contribution in [0.1, 0.15) is 233 Å². The minimum atomic E-state index is 0.639. The van der Waals surface area contributed by atoms with Gasteiger partial charge in [0.25, 0.3) is 0 Å². The van der Waals surface area contributed by atoms with Crippen molar-refractivity contribution in [3.05, 3.63) is 12.4 Å². The van der Waals surface area contributed by atoms with Crippen LogP contribution in [0.3, 0.4) is 0 Å². The third kappa shape index (κ3) is 25.2. The molecule has 0 aromatic carbocycles. The second-order valence-corrected chi connectivity index (χ2v) is 14.3. The predicted molar refractivity (Wildman–Crippen MR) is 196 cm³/mol. The van der Waals surface area contributed by atoms with Crippen LogP contribution in [0.25, 0.3) is 0 Å². The van der Waals surface area contributed by atoms with Crippen molar-refractivity contribution < 1.29 is 0 Å². The summed E-state index contributed by atoms with van der Waals surface area (Å²) < 4.78 is 0. The van der Waals surface area contributed by atoms with Gasteiger partial charge in [0.05, 0.1) is 0 Å². The van der Waals surface area contributed by atoms with Crippen LogP contribution in [0.15, 0.2) is 12.4 Å². The molecule has 256 valence electrons. The standard InChI is InChI=1S/C41H82N2/c1-4-7-10-13-16-19-22-25-28-31-34-37-42-39-40-43(38-35-32-29-26-23-20-17-14-11-8-5-2)41(42)36-33-30-27-24-21-18-15-12-9-6-3/h39-41H,4-38H2,1-3H3. The molecule has 0 unspecified atom stereocenters. The number of hydrogen-bond acceptors (Lipinski definition) is 2. The molecule has 0 atom stereocenters. The fourth-order valence-corrected chi connectivity index (χ4v) is 7.07. The van der Waals surface area contributed by atoms with E-state index in [0.29, 0.717) is 6.17 Å². The summed E-state index contributed by atoms with van der Waals surface area (Å²) in [5.74, 6) is 0. The SMILES string of the molecule is CCCCCCCCCCCCCN1C=CN(CCCCCCCCCCCCC)C1CCCCCCCCCCCC. The zero-order valence-electron chi connectivity index (χ0n) is 30.4. The van der Waals surface area contributed by atoms with Crippen LogP contribution in [0.5, 0.6) is 0 Å². The Labute approximate surface area is 273 Å². The lowest BCUT2D eigenvalue weighted by atomic mass is 10.0. The van der Waals surface area contributed by atoms with Crippen molar-refractivity contribution in [1.82, 2.24) is 9.80 Å². The topological polar surface area (TPSA) is 6.48 Å². The highest BCUT2D eigenvalue weighted by molar-refractivity contribution is 4.97. The van der Waals surface area contributed by atoms with Crippen molar-refractivity contribution in [2.75, 3.05) is 13.1 Å². The molecule has 0 N–H and O–H groups in total. The molecule has 1 heterocycles. The van der Waals surface area contributed by atoms with Gasteiger partial charge in [0.15, 0.2) is 0 Å². The highest BCUT2D eigenvalue weighted by Gasteiger charge is 2.24. The van der Waals surface area contributed by atoms with E-state index in [-0.39, 0.29) is 0 Å². The summed E-state index contributed by atoms with van der Waals surface area (Å²) in [4.78, 5) is 5.44. The number of unbranched alkanes of at least 4 members (excludes halogenated alkanes) is 29. The average molecular weight is 603 g/mol. The monoisotopic (exact) mass is 603 g/mol. The summed E-state index contributed by atoms with van der Waals surface area (Å²) in [5, 5.41) is 0. The van der Waals surface area contributed by atoms with Crippen molar-refractivity contribution in [2.24, 2.45) is 0 Å². The minimum absolute atomic E-state index is 0.639. The molecular weight excluding hydrogens is 520 g/mol. The molecule has 0 aromatic heterocycles. The Morgan fingerprint density at radius 2 is 0.535 bits per heavy atom. The van der Waals surface area contributed by atoms with Gasteiger partial charge in [0.2, 0.25) is 0 Å². The largest absolute Gasteiger partial charge is 0.356 e. The van der Waals surface area contributed by atoms with Crippen molar-refractivity contribution in [3.63, 3.8) is 0 Å². The Hall–Kier alpha value is -0.660. The van der Waals surface area contributed by atoms with E-state index in [1.165, 1.54) is 225 Å². The van der Waals surface area contributed by atoms with Crippen molar-refractivity contribution in [2.45, 2.75) is 239 Å². The fraction of sp³-hybridized carbons (Fsp3) is 0.951. The molecular formula is C41H82N2. The summed E-state index contributed by atoms with van der Waals surface area (Å²) in [6.45, 7) is 9.48. The van der Waals surface area contributed by atoms with Gasteiger partial charge in [-0.3, -0.25) is 0 Å². The summed E-state index contributed by atoms with van der Waals surface area (Å²) in [7, 11) is 0. The summed E-state index contributed by atoms with van der Waals surface area (Å²) in [5.41, 5.74) is 0. The molecule has 2 heteroatoms. The molecule has 1 aliphatic heterocycles. The first-order valence-electron chi connectivity index (χ1n) is 20.5. The Kier molecular flexibility index (Phi) is 30.7. The molecule has 0 saturated carbocycles. The van der Waals surface area contributed by atoms with E-state index in [0.717, 1.165) is 0 Å². The Morgan fingerprint density at radius 1 is 0.302 bits per heavy atom. The van der Waals surface area contributed by atoms with E-state index in [1.807, 2.05) is 0 Å². The van der Waals surface area contributed by atoms with Crippen LogP contribution >= 0.6 is 0 Å². The fourth-order valence-electron chi connectivity index (χ4n) is 7.07. The molecule has 2 nitrogen and oxygen atoms in total. The van der Waals surface area contributed by atoms with Gasteiger partial charge in [-0.1, -0.05) is 207 Å². The maximum Gasteiger partial charge on any atom is 0.101 e. The van der Waals surface area contributed by atoms with E-state index < -0.39 is 0 Å². The molecule has 0 amide bonds. The van der Waals surface area contributed by atoms with Crippen LogP contribution in [0.2, 0.25) is 0 Å².